The number of nitrogens with zero attached hydrogens (tertiary/aromatic N) is 1. The zero-order valence-electron chi connectivity index (χ0n) is 16.5. The van der Waals surface area contributed by atoms with Crippen LogP contribution in [0.2, 0.25) is 0 Å². The summed E-state index contributed by atoms with van der Waals surface area (Å²) >= 11 is 0. The topological polar surface area (TPSA) is 38.8 Å². The second-order valence-corrected chi connectivity index (χ2v) is 8.10. The molecule has 140 valence electrons. The maximum Gasteiger partial charge on any atom is 0.410 e. The lowest BCUT2D eigenvalue weighted by Gasteiger charge is -2.30. The maximum atomic E-state index is 12.6. The quantitative estimate of drug-likeness (QED) is 0.752. The molecule has 25 heavy (non-hydrogen) atoms. The third-order valence-corrected chi connectivity index (χ3v) is 5.12. The lowest BCUT2D eigenvalue weighted by Crippen LogP contribution is -2.42. The van der Waals surface area contributed by atoms with Crippen molar-refractivity contribution < 1.29 is 14.3 Å². The Kier molecular flexibility index (Phi) is 6.36. The summed E-state index contributed by atoms with van der Waals surface area (Å²) in [5, 5.41) is 0. The molecule has 1 aliphatic heterocycles. The molecule has 0 radical (unpaired) electrons. The van der Waals surface area contributed by atoms with Gasteiger partial charge in [0.15, 0.2) is 0 Å². The van der Waals surface area contributed by atoms with E-state index in [1.54, 1.807) is 7.11 Å². The standard InChI is InChI=1S/C21H33NO3/c1-7-16-14-15(2)22(20(23)25-21(3,4)5)13-12-19(16)17-8-10-18(24-6)11-9-17/h8-11,15-16,19H,7,12-14H2,1-6H3/t15?,16-,19+/m0/s1. The van der Waals surface area contributed by atoms with Crippen LogP contribution in [0.25, 0.3) is 0 Å². The first-order valence-corrected chi connectivity index (χ1v) is 9.38. The summed E-state index contributed by atoms with van der Waals surface area (Å²) in [7, 11) is 1.69. The lowest BCUT2D eigenvalue weighted by molar-refractivity contribution is 0.0178. The number of amides is 1. The number of likely N-dealkylation sites (tertiary alicyclic amines) is 1. The highest BCUT2D eigenvalue weighted by molar-refractivity contribution is 5.68. The Hall–Kier alpha value is -1.71. The predicted molar refractivity (Wildman–Crippen MR) is 101 cm³/mol. The predicted octanol–water partition coefficient (Wildman–Crippen LogP) is 5.22. The smallest absolute Gasteiger partial charge is 0.410 e. The Morgan fingerprint density at radius 2 is 1.88 bits per heavy atom. The molecule has 1 aromatic carbocycles. The normalized spacial score (nSPS) is 24.6. The largest absolute Gasteiger partial charge is 0.497 e. The number of carbonyl (C=O) groups is 1. The number of hydrogen-bond donors (Lipinski definition) is 0. The van der Waals surface area contributed by atoms with Crippen molar-refractivity contribution in [3.8, 4) is 5.75 Å². The van der Waals surface area contributed by atoms with Crippen molar-refractivity contribution in [1.82, 2.24) is 4.90 Å². The molecule has 4 nitrogen and oxygen atoms in total. The highest BCUT2D eigenvalue weighted by Crippen LogP contribution is 2.38. The molecular formula is C21H33NO3. The van der Waals surface area contributed by atoms with Gasteiger partial charge in [-0.15, -0.1) is 0 Å². The van der Waals surface area contributed by atoms with Crippen LogP contribution >= 0.6 is 0 Å². The summed E-state index contributed by atoms with van der Waals surface area (Å²) in [5.74, 6) is 1.91. The van der Waals surface area contributed by atoms with Gasteiger partial charge in [-0.2, -0.15) is 0 Å². The Bertz CT molecular complexity index is 561. The van der Waals surface area contributed by atoms with Crippen LogP contribution in [0.15, 0.2) is 24.3 Å². The summed E-state index contributed by atoms with van der Waals surface area (Å²) < 4.78 is 10.9. The second-order valence-electron chi connectivity index (χ2n) is 8.10. The molecule has 1 heterocycles. The van der Waals surface area contributed by atoms with Gasteiger partial charge in [0.25, 0.3) is 0 Å². The Morgan fingerprint density at radius 3 is 2.40 bits per heavy atom. The molecule has 0 aromatic heterocycles. The molecule has 0 N–H and O–H groups in total. The average molecular weight is 347 g/mol. The highest BCUT2D eigenvalue weighted by atomic mass is 16.6. The van der Waals surface area contributed by atoms with Crippen LogP contribution < -0.4 is 4.74 Å². The van der Waals surface area contributed by atoms with Crippen LogP contribution in [0, 0.1) is 5.92 Å². The number of benzene rings is 1. The van der Waals surface area contributed by atoms with Gasteiger partial charge in [0.2, 0.25) is 0 Å². The minimum absolute atomic E-state index is 0.190. The van der Waals surface area contributed by atoms with Gasteiger partial charge in [-0.1, -0.05) is 25.5 Å². The van der Waals surface area contributed by atoms with Crippen LogP contribution in [-0.2, 0) is 4.74 Å². The van der Waals surface area contributed by atoms with Gasteiger partial charge in [0.1, 0.15) is 11.4 Å². The number of hydrogen-bond acceptors (Lipinski definition) is 3. The number of carbonyl (C=O) groups excluding carboxylic acids is 1. The zero-order valence-corrected chi connectivity index (χ0v) is 16.5. The monoisotopic (exact) mass is 347 g/mol. The SMILES string of the molecule is CC[C@H]1CC(C)N(C(=O)OC(C)(C)C)CC[C@H]1c1ccc(OC)cc1. The molecule has 3 atom stereocenters. The molecule has 1 aliphatic rings. The van der Waals surface area contributed by atoms with Crippen molar-refractivity contribution >= 4 is 6.09 Å². The third-order valence-electron chi connectivity index (χ3n) is 5.12. The van der Waals surface area contributed by atoms with E-state index in [2.05, 4.69) is 26.0 Å². The van der Waals surface area contributed by atoms with E-state index in [0.717, 1.165) is 31.6 Å². The van der Waals surface area contributed by atoms with Crippen molar-refractivity contribution in [3.63, 3.8) is 0 Å². The van der Waals surface area contributed by atoms with Crippen LogP contribution in [0.4, 0.5) is 4.79 Å². The summed E-state index contributed by atoms with van der Waals surface area (Å²) in [6, 6.07) is 8.59. The highest BCUT2D eigenvalue weighted by Gasteiger charge is 2.34. The van der Waals surface area contributed by atoms with Crippen molar-refractivity contribution in [2.45, 2.75) is 71.4 Å². The van der Waals surface area contributed by atoms with Crippen LogP contribution in [-0.4, -0.2) is 36.3 Å². The number of methoxy groups -OCH3 is 1. The van der Waals surface area contributed by atoms with Crippen molar-refractivity contribution in [2.24, 2.45) is 5.92 Å². The van der Waals surface area contributed by atoms with E-state index in [9.17, 15) is 4.79 Å². The fraction of sp³-hybridized carbons (Fsp3) is 0.667. The van der Waals surface area contributed by atoms with E-state index in [0.29, 0.717) is 11.8 Å². The number of ether oxygens (including phenoxy) is 2. The maximum absolute atomic E-state index is 12.6. The molecule has 1 amide bonds. The molecule has 4 heteroatoms. The first kappa shape index (κ1) is 19.6. The first-order valence-electron chi connectivity index (χ1n) is 9.38. The molecule has 0 bridgehead atoms. The molecule has 0 saturated carbocycles. The van der Waals surface area contributed by atoms with Gasteiger partial charge in [-0.3, -0.25) is 0 Å². The van der Waals surface area contributed by atoms with Gasteiger partial charge in [0.05, 0.1) is 7.11 Å². The van der Waals surface area contributed by atoms with Gasteiger partial charge in [0, 0.05) is 12.6 Å². The van der Waals surface area contributed by atoms with Crippen molar-refractivity contribution in [1.29, 1.82) is 0 Å². The summed E-state index contributed by atoms with van der Waals surface area (Å²) in [6.45, 7) is 10.9. The molecule has 1 unspecified atom stereocenters. The van der Waals surface area contributed by atoms with Crippen LogP contribution in [0.3, 0.4) is 0 Å². The fourth-order valence-electron chi connectivity index (χ4n) is 3.80. The molecule has 1 fully saturated rings. The van der Waals surface area contributed by atoms with Crippen LogP contribution in [0.5, 0.6) is 5.75 Å². The van der Waals surface area contributed by atoms with Crippen LogP contribution in [0.1, 0.15) is 65.4 Å². The van der Waals surface area contributed by atoms with E-state index in [1.807, 2.05) is 37.8 Å². The lowest BCUT2D eigenvalue weighted by atomic mass is 9.80. The molecule has 1 aromatic rings. The Balaban J connectivity index is 2.17. The molecule has 1 saturated heterocycles. The minimum Gasteiger partial charge on any atom is -0.497 e. The summed E-state index contributed by atoms with van der Waals surface area (Å²) in [4.78, 5) is 14.5. The minimum atomic E-state index is -0.456. The Labute approximate surface area is 152 Å². The third kappa shape index (κ3) is 5.13. The fourth-order valence-corrected chi connectivity index (χ4v) is 3.80. The zero-order chi connectivity index (χ0) is 18.6. The molecule has 0 spiro atoms. The first-order chi connectivity index (χ1) is 11.7. The molecular weight excluding hydrogens is 314 g/mol. The van der Waals surface area contributed by atoms with Gasteiger partial charge >= 0.3 is 6.09 Å². The average Bonchev–Trinajstić information content (AvgIpc) is 2.72. The van der Waals surface area contributed by atoms with E-state index in [1.165, 1.54) is 5.56 Å². The summed E-state index contributed by atoms with van der Waals surface area (Å²) in [5.41, 5.74) is 0.883. The second kappa shape index (κ2) is 8.11. The van der Waals surface area contributed by atoms with Crippen molar-refractivity contribution in [3.05, 3.63) is 29.8 Å². The molecule has 2 rings (SSSR count). The van der Waals surface area contributed by atoms with E-state index < -0.39 is 5.60 Å². The summed E-state index contributed by atoms with van der Waals surface area (Å²) in [6.07, 6.45) is 2.90. The number of rotatable bonds is 3. The van der Waals surface area contributed by atoms with E-state index in [4.69, 9.17) is 9.47 Å². The Morgan fingerprint density at radius 1 is 1.24 bits per heavy atom. The van der Waals surface area contributed by atoms with Gasteiger partial charge in [-0.05, 0) is 70.1 Å². The molecule has 0 aliphatic carbocycles. The van der Waals surface area contributed by atoms with Crippen molar-refractivity contribution in [2.75, 3.05) is 13.7 Å². The van der Waals surface area contributed by atoms with Gasteiger partial charge in [-0.25, -0.2) is 4.79 Å². The van der Waals surface area contributed by atoms with E-state index >= 15 is 0 Å². The van der Waals surface area contributed by atoms with Gasteiger partial charge < -0.3 is 14.4 Å². The van der Waals surface area contributed by atoms with E-state index in [-0.39, 0.29) is 12.1 Å².